The Morgan fingerprint density at radius 1 is 1.07 bits per heavy atom. The van der Waals surface area contributed by atoms with Gasteiger partial charge < -0.3 is 5.32 Å². The summed E-state index contributed by atoms with van der Waals surface area (Å²) in [5.41, 5.74) is 0. The van der Waals surface area contributed by atoms with Crippen LogP contribution in [0.25, 0.3) is 0 Å². The van der Waals surface area contributed by atoms with Gasteiger partial charge in [0.05, 0.1) is 6.17 Å². The first-order valence-corrected chi connectivity index (χ1v) is 6.86. The topological polar surface area (TPSA) is 15.3 Å². The Morgan fingerprint density at radius 2 is 1.73 bits per heavy atom. The lowest BCUT2D eigenvalue weighted by molar-refractivity contribution is 0.133. The van der Waals surface area contributed by atoms with Gasteiger partial charge in [0.15, 0.2) is 0 Å². The van der Waals surface area contributed by atoms with Crippen LogP contribution in [0.4, 0.5) is 0 Å². The highest BCUT2D eigenvalue weighted by Gasteiger charge is 2.19. The minimum Gasteiger partial charge on any atom is -0.302 e. The molecule has 0 amide bonds. The third-order valence-electron chi connectivity index (χ3n) is 3.32. The first-order chi connectivity index (χ1) is 7.38. The van der Waals surface area contributed by atoms with E-state index in [0.29, 0.717) is 6.17 Å². The van der Waals surface area contributed by atoms with Crippen LogP contribution in [-0.2, 0) is 0 Å². The van der Waals surface area contributed by atoms with Gasteiger partial charge in [-0.3, -0.25) is 4.90 Å². The monoisotopic (exact) mass is 212 g/mol. The van der Waals surface area contributed by atoms with Crippen LogP contribution in [0, 0.1) is 0 Å². The van der Waals surface area contributed by atoms with Crippen molar-refractivity contribution in [1.82, 2.24) is 10.2 Å². The van der Waals surface area contributed by atoms with Crippen molar-refractivity contribution in [2.75, 3.05) is 19.6 Å². The second-order valence-corrected chi connectivity index (χ2v) is 4.71. The van der Waals surface area contributed by atoms with E-state index in [2.05, 4.69) is 24.1 Å². The maximum absolute atomic E-state index is 3.66. The fraction of sp³-hybridized carbons (Fsp3) is 1.00. The molecule has 0 saturated carbocycles. The number of nitrogens with zero attached hydrogens (tertiary/aromatic N) is 1. The molecule has 2 heteroatoms. The van der Waals surface area contributed by atoms with E-state index >= 15 is 0 Å². The number of nitrogens with one attached hydrogen (secondary N) is 1. The molecule has 1 fully saturated rings. The fourth-order valence-corrected chi connectivity index (χ4v) is 2.29. The largest absolute Gasteiger partial charge is 0.302 e. The molecule has 0 aliphatic carbocycles. The van der Waals surface area contributed by atoms with E-state index in [-0.39, 0.29) is 0 Å². The van der Waals surface area contributed by atoms with Gasteiger partial charge in [-0.25, -0.2) is 0 Å². The molecule has 1 heterocycles. The summed E-state index contributed by atoms with van der Waals surface area (Å²) in [5, 5.41) is 3.66. The smallest absolute Gasteiger partial charge is 0.0597 e. The Hall–Kier alpha value is -0.0800. The number of piperidine rings is 1. The summed E-state index contributed by atoms with van der Waals surface area (Å²) in [5.74, 6) is 0. The summed E-state index contributed by atoms with van der Waals surface area (Å²) in [6.07, 6.45) is 10.1. The minimum absolute atomic E-state index is 0.678. The number of hydrogen-bond donors (Lipinski definition) is 1. The third kappa shape index (κ3) is 4.98. The average molecular weight is 212 g/mol. The first kappa shape index (κ1) is 13.0. The van der Waals surface area contributed by atoms with E-state index in [0.717, 1.165) is 0 Å². The highest BCUT2D eigenvalue weighted by molar-refractivity contribution is 4.74. The highest BCUT2D eigenvalue weighted by atomic mass is 15.3. The first-order valence-electron chi connectivity index (χ1n) is 6.86. The maximum atomic E-state index is 3.66. The predicted octanol–water partition coefficient (Wildman–Crippen LogP) is 2.99. The molecule has 0 aromatic rings. The van der Waals surface area contributed by atoms with Crippen molar-refractivity contribution < 1.29 is 0 Å². The summed E-state index contributed by atoms with van der Waals surface area (Å²) in [6.45, 7) is 8.36. The van der Waals surface area contributed by atoms with Gasteiger partial charge in [0, 0.05) is 0 Å². The van der Waals surface area contributed by atoms with E-state index < -0.39 is 0 Å². The summed E-state index contributed by atoms with van der Waals surface area (Å²) < 4.78 is 0. The molecule has 0 spiro atoms. The Balaban J connectivity index is 2.30. The summed E-state index contributed by atoms with van der Waals surface area (Å²) in [6, 6.07) is 0. The van der Waals surface area contributed by atoms with Gasteiger partial charge in [-0.2, -0.15) is 0 Å². The molecule has 90 valence electrons. The van der Waals surface area contributed by atoms with Crippen molar-refractivity contribution in [3.8, 4) is 0 Å². The zero-order chi connectivity index (χ0) is 10.9. The summed E-state index contributed by atoms with van der Waals surface area (Å²) in [7, 11) is 0. The number of unbranched alkanes of at least 4 members (excludes halogenated alkanes) is 2. The fourth-order valence-electron chi connectivity index (χ4n) is 2.29. The molecular weight excluding hydrogens is 184 g/mol. The molecule has 2 nitrogen and oxygen atoms in total. The van der Waals surface area contributed by atoms with Crippen molar-refractivity contribution in [2.45, 2.75) is 65.0 Å². The van der Waals surface area contributed by atoms with Crippen molar-refractivity contribution in [3.05, 3.63) is 0 Å². The lowest BCUT2D eigenvalue weighted by Gasteiger charge is -2.35. The molecule has 0 radical (unpaired) electrons. The van der Waals surface area contributed by atoms with Crippen LogP contribution in [0.15, 0.2) is 0 Å². The zero-order valence-electron chi connectivity index (χ0n) is 10.6. The molecule has 1 saturated heterocycles. The predicted molar refractivity (Wildman–Crippen MR) is 67.0 cm³/mol. The van der Waals surface area contributed by atoms with Gasteiger partial charge in [0.1, 0.15) is 0 Å². The average Bonchev–Trinajstić information content (AvgIpc) is 2.30. The SMILES string of the molecule is CCCCN(CCCC)C1CCCCN1. The Labute approximate surface area is 95.4 Å². The van der Waals surface area contributed by atoms with E-state index in [9.17, 15) is 0 Å². The van der Waals surface area contributed by atoms with Gasteiger partial charge in [-0.15, -0.1) is 0 Å². The molecule has 0 aromatic heterocycles. The normalized spacial score (nSPS) is 22.2. The summed E-state index contributed by atoms with van der Waals surface area (Å²) in [4.78, 5) is 2.67. The van der Waals surface area contributed by atoms with Gasteiger partial charge in [0.2, 0.25) is 0 Å². The second kappa shape index (κ2) is 8.12. The van der Waals surface area contributed by atoms with Crippen LogP contribution in [0.3, 0.4) is 0 Å². The van der Waals surface area contributed by atoms with Crippen LogP contribution in [0.1, 0.15) is 58.8 Å². The quantitative estimate of drug-likeness (QED) is 0.698. The lowest BCUT2D eigenvalue weighted by Crippen LogP contribution is -2.48. The Morgan fingerprint density at radius 3 is 2.20 bits per heavy atom. The highest BCUT2D eigenvalue weighted by Crippen LogP contribution is 2.13. The van der Waals surface area contributed by atoms with Gasteiger partial charge in [0.25, 0.3) is 0 Å². The molecule has 1 N–H and O–H groups in total. The molecule has 0 bridgehead atoms. The van der Waals surface area contributed by atoms with Crippen molar-refractivity contribution >= 4 is 0 Å². The van der Waals surface area contributed by atoms with Crippen molar-refractivity contribution in [2.24, 2.45) is 0 Å². The molecular formula is C13H28N2. The second-order valence-electron chi connectivity index (χ2n) is 4.71. The van der Waals surface area contributed by atoms with Crippen LogP contribution in [0.2, 0.25) is 0 Å². The molecule has 1 aliphatic rings. The van der Waals surface area contributed by atoms with Gasteiger partial charge in [-0.05, 0) is 51.7 Å². The van der Waals surface area contributed by atoms with E-state index in [1.807, 2.05) is 0 Å². The lowest BCUT2D eigenvalue weighted by atomic mass is 10.1. The van der Waals surface area contributed by atoms with Crippen LogP contribution >= 0.6 is 0 Å². The van der Waals surface area contributed by atoms with Gasteiger partial charge in [-0.1, -0.05) is 26.7 Å². The Bertz CT molecular complexity index is 133. The molecule has 1 unspecified atom stereocenters. The summed E-state index contributed by atoms with van der Waals surface area (Å²) >= 11 is 0. The van der Waals surface area contributed by atoms with E-state index in [1.165, 1.54) is 64.6 Å². The molecule has 1 atom stereocenters. The van der Waals surface area contributed by atoms with E-state index in [1.54, 1.807) is 0 Å². The molecule has 15 heavy (non-hydrogen) atoms. The minimum atomic E-state index is 0.678. The maximum Gasteiger partial charge on any atom is 0.0597 e. The van der Waals surface area contributed by atoms with Gasteiger partial charge >= 0.3 is 0 Å². The number of hydrogen-bond acceptors (Lipinski definition) is 2. The Kier molecular flexibility index (Phi) is 7.03. The van der Waals surface area contributed by atoms with Crippen molar-refractivity contribution in [1.29, 1.82) is 0 Å². The zero-order valence-corrected chi connectivity index (χ0v) is 10.6. The van der Waals surface area contributed by atoms with Crippen LogP contribution in [-0.4, -0.2) is 30.7 Å². The third-order valence-corrected chi connectivity index (χ3v) is 3.32. The standard InChI is InChI=1S/C13H28N2/c1-3-5-11-15(12-6-4-2)13-9-7-8-10-14-13/h13-14H,3-12H2,1-2H3. The number of rotatable bonds is 7. The van der Waals surface area contributed by atoms with Crippen LogP contribution < -0.4 is 5.32 Å². The molecule has 0 aromatic carbocycles. The molecule has 1 rings (SSSR count). The van der Waals surface area contributed by atoms with Crippen LogP contribution in [0.5, 0.6) is 0 Å². The molecule has 1 aliphatic heterocycles. The van der Waals surface area contributed by atoms with E-state index in [4.69, 9.17) is 0 Å². The van der Waals surface area contributed by atoms with Crippen molar-refractivity contribution in [3.63, 3.8) is 0 Å².